The molecule has 0 aliphatic carbocycles. The molecule has 2 aromatic rings. The van der Waals surface area contributed by atoms with Gasteiger partial charge in [-0.3, -0.25) is 9.59 Å². The highest BCUT2D eigenvalue weighted by Crippen LogP contribution is 2.30. The number of benzene rings is 1. The van der Waals surface area contributed by atoms with Crippen molar-refractivity contribution in [1.82, 2.24) is 15.2 Å². The number of aryl methyl sites for hydroxylation is 2. The second-order valence-corrected chi connectivity index (χ2v) is 10.2. The number of likely N-dealkylation sites (tertiary alicyclic amines) is 1. The number of thiazole rings is 1. The molecule has 0 spiro atoms. The first-order valence-corrected chi connectivity index (χ1v) is 13.6. The van der Waals surface area contributed by atoms with Crippen LogP contribution in [0.2, 0.25) is 0 Å². The Bertz CT molecular complexity index is 986. The molecule has 1 aliphatic rings. The van der Waals surface area contributed by atoms with Gasteiger partial charge in [-0.15, -0.1) is 11.3 Å². The number of carbonyl (C=O) groups is 2. The number of nitrogens with zero attached hydrogens (tertiary/aromatic N) is 2. The largest absolute Gasteiger partial charge is 0.491 e. The Balaban J connectivity index is 1.37. The molecule has 1 aromatic carbocycles. The molecule has 10 heteroatoms. The summed E-state index contributed by atoms with van der Waals surface area (Å²) in [6, 6.07) is 5.87. The number of aromatic nitrogens is 1. The molecule has 0 radical (unpaired) electrons. The number of hydrogen-bond acceptors (Lipinski definition) is 8. The van der Waals surface area contributed by atoms with Crippen molar-refractivity contribution in [3.8, 4) is 5.75 Å². The molecule has 0 saturated carbocycles. The van der Waals surface area contributed by atoms with Crippen LogP contribution in [0, 0.1) is 13.8 Å². The number of nitrogens with one attached hydrogen (secondary N) is 1. The summed E-state index contributed by atoms with van der Waals surface area (Å²) in [6.45, 7) is 9.58. The summed E-state index contributed by atoms with van der Waals surface area (Å²) in [4.78, 5) is 31.6. The van der Waals surface area contributed by atoms with Crippen molar-refractivity contribution in [2.24, 2.45) is 0 Å². The predicted octanol–water partition coefficient (Wildman–Crippen LogP) is 3.34. The van der Waals surface area contributed by atoms with E-state index in [0.717, 1.165) is 34.7 Å². The number of carbonyl (C=O) groups excluding carboxylic acids is 2. The monoisotopic (exact) mass is 533 g/mol. The van der Waals surface area contributed by atoms with E-state index in [1.165, 1.54) is 11.3 Å². The molecule has 37 heavy (non-hydrogen) atoms. The minimum absolute atomic E-state index is 0.00774. The Labute approximate surface area is 223 Å². The topological polar surface area (TPSA) is 99.2 Å². The maximum absolute atomic E-state index is 12.7. The van der Waals surface area contributed by atoms with E-state index in [2.05, 4.69) is 10.3 Å². The molecule has 1 unspecified atom stereocenters. The molecule has 1 aliphatic heterocycles. The number of piperidine rings is 1. The van der Waals surface area contributed by atoms with Crippen molar-refractivity contribution in [3.05, 3.63) is 45.4 Å². The summed E-state index contributed by atoms with van der Waals surface area (Å²) in [5.74, 6) is 0.904. The molecule has 9 nitrogen and oxygen atoms in total. The summed E-state index contributed by atoms with van der Waals surface area (Å²) in [7, 11) is 1.62. The summed E-state index contributed by atoms with van der Waals surface area (Å²) in [6.07, 6.45) is 1.64. The summed E-state index contributed by atoms with van der Waals surface area (Å²) in [5, 5.41) is 5.74. The molecule has 3 rings (SSSR count). The Hall–Kier alpha value is -2.53. The zero-order chi connectivity index (χ0) is 26.6. The maximum atomic E-state index is 12.7. The lowest BCUT2D eigenvalue weighted by Crippen LogP contribution is -2.40. The van der Waals surface area contributed by atoms with E-state index in [1.54, 1.807) is 7.11 Å². The first kappa shape index (κ1) is 29.0. The number of amides is 2. The second kappa shape index (κ2) is 15.0. The molecule has 1 atom stereocenters. The van der Waals surface area contributed by atoms with Crippen molar-refractivity contribution in [2.45, 2.75) is 45.6 Å². The van der Waals surface area contributed by atoms with Crippen LogP contribution in [0.1, 0.15) is 52.3 Å². The first-order valence-electron chi connectivity index (χ1n) is 12.8. The van der Waals surface area contributed by atoms with Crippen LogP contribution >= 0.6 is 11.3 Å². The lowest BCUT2D eigenvalue weighted by atomic mass is 9.97. The summed E-state index contributed by atoms with van der Waals surface area (Å²) >= 11 is 1.51. The van der Waals surface area contributed by atoms with E-state index in [0.29, 0.717) is 51.8 Å². The van der Waals surface area contributed by atoms with Gasteiger partial charge in [0.05, 0.1) is 37.5 Å². The SMILES string of the molecule is COCCOCCOCC(=O)N1CCC(c2nc(C(=O)NC(C)COc3c(C)cccc3C)cs2)CC1. The van der Waals surface area contributed by atoms with Gasteiger partial charge in [0.15, 0.2) is 0 Å². The van der Waals surface area contributed by atoms with Gasteiger partial charge >= 0.3 is 0 Å². The van der Waals surface area contributed by atoms with Gasteiger partial charge in [0.2, 0.25) is 5.91 Å². The smallest absolute Gasteiger partial charge is 0.271 e. The van der Waals surface area contributed by atoms with E-state index < -0.39 is 0 Å². The van der Waals surface area contributed by atoms with Crippen LogP contribution in [0.5, 0.6) is 5.75 Å². The Morgan fingerprint density at radius 3 is 2.49 bits per heavy atom. The quantitative estimate of drug-likeness (QED) is 0.372. The predicted molar refractivity (Wildman–Crippen MR) is 143 cm³/mol. The maximum Gasteiger partial charge on any atom is 0.271 e. The molecule has 1 fully saturated rings. The molecule has 1 N–H and O–H groups in total. The van der Waals surface area contributed by atoms with E-state index in [4.69, 9.17) is 18.9 Å². The fourth-order valence-electron chi connectivity index (χ4n) is 4.14. The average molecular weight is 534 g/mol. The average Bonchev–Trinajstić information content (AvgIpc) is 3.38. The third-order valence-electron chi connectivity index (χ3n) is 6.24. The Morgan fingerprint density at radius 2 is 1.78 bits per heavy atom. The van der Waals surface area contributed by atoms with Crippen LogP contribution in [0.25, 0.3) is 0 Å². The molecule has 1 aromatic heterocycles. The van der Waals surface area contributed by atoms with Crippen LogP contribution in [0.3, 0.4) is 0 Å². The van der Waals surface area contributed by atoms with Gasteiger partial charge in [-0.1, -0.05) is 18.2 Å². The molecule has 2 amide bonds. The van der Waals surface area contributed by atoms with E-state index >= 15 is 0 Å². The highest BCUT2D eigenvalue weighted by molar-refractivity contribution is 7.09. The van der Waals surface area contributed by atoms with Crippen LogP contribution in [0.4, 0.5) is 0 Å². The zero-order valence-electron chi connectivity index (χ0n) is 22.3. The van der Waals surface area contributed by atoms with Gasteiger partial charge in [-0.2, -0.15) is 0 Å². The molecule has 204 valence electrons. The number of rotatable bonds is 14. The molecular formula is C27H39N3O6S. The third kappa shape index (κ3) is 9.07. The lowest BCUT2D eigenvalue weighted by molar-refractivity contribution is -0.137. The summed E-state index contributed by atoms with van der Waals surface area (Å²) < 4.78 is 21.6. The molecular weight excluding hydrogens is 494 g/mol. The van der Waals surface area contributed by atoms with E-state index in [-0.39, 0.29) is 30.4 Å². The normalized spacial score (nSPS) is 15.0. The van der Waals surface area contributed by atoms with Crippen molar-refractivity contribution >= 4 is 23.2 Å². The summed E-state index contributed by atoms with van der Waals surface area (Å²) in [5.41, 5.74) is 2.58. The van der Waals surface area contributed by atoms with Gasteiger partial charge in [0.1, 0.15) is 24.7 Å². The highest BCUT2D eigenvalue weighted by atomic mass is 32.1. The third-order valence-corrected chi connectivity index (χ3v) is 7.25. The van der Waals surface area contributed by atoms with Crippen molar-refractivity contribution in [1.29, 1.82) is 0 Å². The minimum Gasteiger partial charge on any atom is -0.491 e. The molecule has 0 bridgehead atoms. The van der Waals surface area contributed by atoms with Gasteiger partial charge in [-0.05, 0) is 44.7 Å². The lowest BCUT2D eigenvalue weighted by Gasteiger charge is -2.31. The molecule has 2 heterocycles. The van der Waals surface area contributed by atoms with Gasteiger partial charge < -0.3 is 29.2 Å². The Kier molecular flexibility index (Phi) is 11.8. The number of hydrogen-bond donors (Lipinski definition) is 1. The van der Waals surface area contributed by atoms with Crippen LogP contribution < -0.4 is 10.1 Å². The molecule has 1 saturated heterocycles. The van der Waals surface area contributed by atoms with Crippen molar-refractivity contribution < 1.29 is 28.5 Å². The first-order chi connectivity index (χ1) is 17.9. The fourth-order valence-corrected chi connectivity index (χ4v) is 5.11. The van der Waals surface area contributed by atoms with Crippen LogP contribution in [-0.4, -0.2) is 87.6 Å². The van der Waals surface area contributed by atoms with E-state index in [1.807, 2.05) is 49.3 Å². The van der Waals surface area contributed by atoms with Crippen LogP contribution in [-0.2, 0) is 19.0 Å². The zero-order valence-corrected chi connectivity index (χ0v) is 23.1. The van der Waals surface area contributed by atoms with Crippen molar-refractivity contribution in [3.63, 3.8) is 0 Å². The van der Waals surface area contributed by atoms with Gasteiger partial charge in [0.25, 0.3) is 5.91 Å². The van der Waals surface area contributed by atoms with Crippen molar-refractivity contribution in [2.75, 3.05) is 59.8 Å². The van der Waals surface area contributed by atoms with Crippen LogP contribution in [0.15, 0.2) is 23.6 Å². The standard InChI is InChI=1S/C27H39N3O6S/c1-19-6-5-7-20(2)25(19)36-16-21(3)28-26(32)23-18-37-27(29-23)22-8-10-30(11-9-22)24(31)17-35-15-14-34-13-12-33-4/h5-7,18,21-22H,8-17H2,1-4H3,(H,28,32). The second-order valence-electron chi connectivity index (χ2n) is 9.29. The van der Waals surface area contributed by atoms with Gasteiger partial charge in [0, 0.05) is 31.5 Å². The number of methoxy groups -OCH3 is 1. The Morgan fingerprint density at radius 1 is 1.11 bits per heavy atom. The number of ether oxygens (including phenoxy) is 4. The van der Waals surface area contributed by atoms with E-state index in [9.17, 15) is 9.59 Å². The minimum atomic E-state index is -0.198. The number of para-hydroxylation sites is 1. The fraction of sp³-hybridized carbons (Fsp3) is 0.593. The van der Waals surface area contributed by atoms with Gasteiger partial charge in [-0.25, -0.2) is 4.98 Å². The highest BCUT2D eigenvalue weighted by Gasteiger charge is 2.26.